The predicted molar refractivity (Wildman–Crippen MR) is 134 cm³/mol. The van der Waals surface area contributed by atoms with Crippen LogP contribution in [0, 0.1) is 11.3 Å². The van der Waals surface area contributed by atoms with Gasteiger partial charge < -0.3 is 9.88 Å². The van der Waals surface area contributed by atoms with Crippen LogP contribution in [0.1, 0.15) is 23.1 Å². The van der Waals surface area contributed by atoms with Gasteiger partial charge in [-0.15, -0.1) is 0 Å². The lowest BCUT2D eigenvalue weighted by Gasteiger charge is -2.35. The van der Waals surface area contributed by atoms with Gasteiger partial charge in [-0.1, -0.05) is 29.3 Å². The summed E-state index contributed by atoms with van der Waals surface area (Å²) in [4.78, 5) is 8.92. The molecule has 0 bridgehead atoms. The summed E-state index contributed by atoms with van der Waals surface area (Å²) in [6.07, 6.45) is 6.62. The number of rotatable bonds is 9. The Morgan fingerprint density at radius 3 is 2.45 bits per heavy atom. The molecule has 8 heteroatoms. The largest absolute Gasteiger partial charge is 0.385 e. The summed E-state index contributed by atoms with van der Waals surface area (Å²) in [5.41, 5.74) is 4.07. The van der Waals surface area contributed by atoms with E-state index in [4.69, 9.17) is 23.2 Å². The van der Waals surface area contributed by atoms with Crippen molar-refractivity contribution in [3.05, 3.63) is 81.9 Å². The number of nitrogens with zero attached hydrogens (tertiary/aromatic N) is 5. The molecule has 0 unspecified atom stereocenters. The molecule has 2 aromatic carbocycles. The molecule has 0 amide bonds. The standard InChI is InChI=1S/C25H28Cl2N6/c26-24-5-2-20(14-25(24)27)17-31-10-12-32(13-11-31)18-22-15-23(4-3-21(22)16-28)30-6-1-8-33-9-7-29-19-33/h2-5,7,9,14-15,19,30H,1,6,8,10-13,17-18H2. The van der Waals surface area contributed by atoms with Crippen molar-refractivity contribution in [1.82, 2.24) is 19.4 Å². The van der Waals surface area contributed by atoms with Crippen LogP contribution in [0.25, 0.3) is 0 Å². The van der Waals surface area contributed by atoms with E-state index in [-0.39, 0.29) is 0 Å². The Hall–Kier alpha value is -2.56. The first-order chi connectivity index (χ1) is 16.1. The highest BCUT2D eigenvalue weighted by Crippen LogP contribution is 2.24. The zero-order valence-corrected chi connectivity index (χ0v) is 20.1. The molecule has 4 rings (SSSR count). The molecule has 0 spiro atoms. The molecule has 33 heavy (non-hydrogen) atoms. The fourth-order valence-corrected chi connectivity index (χ4v) is 4.42. The molecule has 1 aliphatic rings. The maximum absolute atomic E-state index is 9.58. The summed E-state index contributed by atoms with van der Waals surface area (Å²) in [6, 6.07) is 14.2. The maximum Gasteiger partial charge on any atom is 0.0995 e. The van der Waals surface area contributed by atoms with Gasteiger partial charge in [-0.3, -0.25) is 9.80 Å². The van der Waals surface area contributed by atoms with Gasteiger partial charge in [0.15, 0.2) is 0 Å². The van der Waals surface area contributed by atoms with E-state index < -0.39 is 0 Å². The van der Waals surface area contributed by atoms with E-state index in [9.17, 15) is 5.26 Å². The number of halogens is 2. The molecule has 6 nitrogen and oxygen atoms in total. The van der Waals surface area contributed by atoms with Crippen LogP contribution in [-0.2, 0) is 19.6 Å². The Labute approximate surface area is 205 Å². The number of nitriles is 1. The molecule has 0 radical (unpaired) electrons. The number of benzene rings is 2. The van der Waals surface area contributed by atoms with Gasteiger partial charge in [-0.2, -0.15) is 5.26 Å². The van der Waals surface area contributed by atoms with Gasteiger partial charge in [0.1, 0.15) is 0 Å². The topological polar surface area (TPSA) is 60.1 Å². The van der Waals surface area contributed by atoms with Gasteiger partial charge >= 0.3 is 0 Å². The highest BCUT2D eigenvalue weighted by atomic mass is 35.5. The van der Waals surface area contributed by atoms with Crippen molar-refractivity contribution in [3.63, 3.8) is 0 Å². The second kappa shape index (κ2) is 11.5. The van der Waals surface area contributed by atoms with Gasteiger partial charge in [-0.05, 0) is 47.9 Å². The van der Waals surface area contributed by atoms with Crippen molar-refractivity contribution >= 4 is 28.9 Å². The highest BCUT2D eigenvalue weighted by molar-refractivity contribution is 6.42. The van der Waals surface area contributed by atoms with E-state index in [2.05, 4.69) is 36.8 Å². The first-order valence-electron chi connectivity index (χ1n) is 11.2. The van der Waals surface area contributed by atoms with Crippen molar-refractivity contribution in [3.8, 4) is 6.07 Å². The molecule has 3 aromatic rings. The number of piperazine rings is 1. The fraction of sp³-hybridized carbons (Fsp3) is 0.360. The summed E-state index contributed by atoms with van der Waals surface area (Å²) in [5, 5.41) is 14.3. The van der Waals surface area contributed by atoms with E-state index in [1.807, 2.05) is 42.9 Å². The van der Waals surface area contributed by atoms with Crippen LogP contribution in [0.3, 0.4) is 0 Å². The van der Waals surface area contributed by atoms with Crippen molar-refractivity contribution < 1.29 is 0 Å². The molecular formula is C25H28Cl2N6. The van der Waals surface area contributed by atoms with Gasteiger partial charge in [0.05, 0.1) is 28.0 Å². The molecule has 1 fully saturated rings. The van der Waals surface area contributed by atoms with Crippen LogP contribution >= 0.6 is 23.2 Å². The van der Waals surface area contributed by atoms with Crippen molar-refractivity contribution in [1.29, 1.82) is 5.26 Å². The lowest BCUT2D eigenvalue weighted by atomic mass is 10.1. The van der Waals surface area contributed by atoms with E-state index in [0.29, 0.717) is 10.0 Å². The molecule has 1 aliphatic heterocycles. The van der Waals surface area contributed by atoms with Gasteiger partial charge in [0, 0.05) is 70.4 Å². The average Bonchev–Trinajstić information content (AvgIpc) is 3.34. The normalized spacial score (nSPS) is 14.8. The van der Waals surface area contributed by atoms with Gasteiger partial charge in [0.25, 0.3) is 0 Å². The van der Waals surface area contributed by atoms with Crippen molar-refractivity contribution in [2.45, 2.75) is 26.1 Å². The SMILES string of the molecule is N#Cc1ccc(NCCCn2ccnc2)cc1CN1CCN(Cc2ccc(Cl)c(Cl)c2)CC1. The zero-order valence-electron chi connectivity index (χ0n) is 18.6. The number of imidazole rings is 1. The number of aryl methyl sites for hydroxylation is 1. The molecule has 1 N–H and O–H groups in total. The van der Waals surface area contributed by atoms with Gasteiger partial charge in [-0.25, -0.2) is 4.98 Å². The van der Waals surface area contributed by atoms with Gasteiger partial charge in [0.2, 0.25) is 0 Å². The monoisotopic (exact) mass is 482 g/mol. The summed E-state index contributed by atoms with van der Waals surface area (Å²) in [6.45, 7) is 7.35. The summed E-state index contributed by atoms with van der Waals surface area (Å²) in [5.74, 6) is 0. The minimum absolute atomic E-state index is 0.591. The van der Waals surface area contributed by atoms with Crippen molar-refractivity contribution in [2.24, 2.45) is 0 Å². The van der Waals surface area contributed by atoms with Crippen LogP contribution in [0.5, 0.6) is 0 Å². The molecule has 2 heterocycles. The number of hydrogen-bond donors (Lipinski definition) is 1. The third-order valence-electron chi connectivity index (χ3n) is 5.96. The Balaban J connectivity index is 1.27. The van der Waals surface area contributed by atoms with E-state index >= 15 is 0 Å². The third-order valence-corrected chi connectivity index (χ3v) is 6.70. The minimum Gasteiger partial charge on any atom is -0.385 e. The van der Waals surface area contributed by atoms with E-state index in [1.165, 1.54) is 5.56 Å². The molecule has 0 saturated carbocycles. The second-order valence-corrected chi connectivity index (χ2v) is 9.18. The molecular weight excluding hydrogens is 455 g/mol. The first kappa shape index (κ1) is 23.6. The minimum atomic E-state index is 0.591. The number of aromatic nitrogens is 2. The lowest BCUT2D eigenvalue weighted by Crippen LogP contribution is -2.45. The van der Waals surface area contributed by atoms with E-state index in [0.717, 1.165) is 75.6 Å². The molecule has 172 valence electrons. The predicted octanol–water partition coefficient (Wildman–Crippen LogP) is 4.88. The molecule has 0 atom stereocenters. The van der Waals surface area contributed by atoms with Crippen LogP contribution < -0.4 is 5.32 Å². The average molecular weight is 483 g/mol. The zero-order chi connectivity index (χ0) is 23.0. The Morgan fingerprint density at radius 1 is 0.970 bits per heavy atom. The first-order valence-corrected chi connectivity index (χ1v) is 12.0. The maximum atomic E-state index is 9.58. The molecule has 0 aliphatic carbocycles. The van der Waals surface area contributed by atoms with Crippen LogP contribution in [-0.4, -0.2) is 52.1 Å². The van der Waals surface area contributed by atoms with E-state index in [1.54, 1.807) is 6.20 Å². The Morgan fingerprint density at radius 2 is 1.76 bits per heavy atom. The van der Waals surface area contributed by atoms with Crippen molar-refractivity contribution in [2.75, 3.05) is 38.0 Å². The van der Waals surface area contributed by atoms with Crippen LogP contribution in [0.15, 0.2) is 55.1 Å². The third kappa shape index (κ3) is 6.72. The number of anilines is 1. The molecule has 1 saturated heterocycles. The number of nitrogens with one attached hydrogen (secondary N) is 1. The second-order valence-electron chi connectivity index (χ2n) is 8.37. The number of hydrogen-bond acceptors (Lipinski definition) is 5. The summed E-state index contributed by atoms with van der Waals surface area (Å²) < 4.78 is 2.08. The smallest absolute Gasteiger partial charge is 0.0995 e. The summed E-state index contributed by atoms with van der Waals surface area (Å²) >= 11 is 12.2. The molecule has 1 aromatic heterocycles. The summed E-state index contributed by atoms with van der Waals surface area (Å²) in [7, 11) is 0. The lowest BCUT2D eigenvalue weighted by molar-refractivity contribution is 0.122. The highest BCUT2D eigenvalue weighted by Gasteiger charge is 2.18. The Bertz CT molecular complexity index is 1080. The van der Waals surface area contributed by atoms with Crippen LogP contribution in [0.2, 0.25) is 10.0 Å². The quantitative estimate of drug-likeness (QED) is 0.440. The fourth-order valence-electron chi connectivity index (χ4n) is 4.10. The van der Waals surface area contributed by atoms with Crippen LogP contribution in [0.4, 0.5) is 5.69 Å². The Kier molecular flexibility index (Phi) is 8.25.